The topological polar surface area (TPSA) is 62.7 Å². The molecular weight excluding hydrogens is 312 g/mol. The quantitative estimate of drug-likeness (QED) is 0.578. The number of nitrogens with zero attached hydrogens (tertiary/aromatic N) is 2. The Morgan fingerprint density at radius 2 is 2.00 bits per heavy atom. The number of para-hydroxylation sites is 1. The zero-order valence-electron chi connectivity index (χ0n) is 14.1. The summed E-state index contributed by atoms with van der Waals surface area (Å²) in [6.45, 7) is 3.06. The Bertz CT molecular complexity index is 1030. The van der Waals surface area contributed by atoms with Crippen molar-refractivity contribution in [1.82, 2.24) is 14.5 Å². The summed E-state index contributed by atoms with van der Waals surface area (Å²) >= 11 is 0. The zero-order valence-corrected chi connectivity index (χ0v) is 14.1. The van der Waals surface area contributed by atoms with E-state index in [1.165, 1.54) is 21.8 Å². The number of hydrogen-bond donors (Lipinski definition) is 2. The Kier molecular flexibility index (Phi) is 3.98. The first kappa shape index (κ1) is 15.4. The van der Waals surface area contributed by atoms with Gasteiger partial charge in [-0.25, -0.2) is 4.98 Å². The van der Waals surface area contributed by atoms with Crippen LogP contribution in [-0.2, 0) is 17.8 Å². The molecule has 0 spiro atoms. The van der Waals surface area contributed by atoms with Crippen LogP contribution in [0.5, 0.6) is 0 Å². The normalized spacial score (nSPS) is 11.2. The van der Waals surface area contributed by atoms with Gasteiger partial charge in [-0.05, 0) is 31.2 Å². The first-order valence-corrected chi connectivity index (χ1v) is 8.55. The minimum Gasteiger partial charge on any atom is -0.349 e. The van der Waals surface area contributed by atoms with Crippen LogP contribution in [0.1, 0.15) is 19.2 Å². The van der Waals surface area contributed by atoms with Crippen molar-refractivity contribution in [2.24, 2.45) is 0 Å². The summed E-state index contributed by atoms with van der Waals surface area (Å²) in [6.07, 6.45) is 4.48. The number of aromatic amines is 1. The summed E-state index contributed by atoms with van der Waals surface area (Å²) in [5.41, 5.74) is 3.24. The molecule has 0 atom stereocenters. The number of aromatic nitrogens is 3. The highest BCUT2D eigenvalue weighted by Gasteiger charge is 2.11. The molecule has 0 aliphatic rings. The fourth-order valence-electron chi connectivity index (χ4n) is 3.36. The van der Waals surface area contributed by atoms with Crippen molar-refractivity contribution < 1.29 is 4.79 Å². The van der Waals surface area contributed by atoms with Gasteiger partial charge < -0.3 is 14.9 Å². The van der Waals surface area contributed by atoms with Gasteiger partial charge >= 0.3 is 0 Å². The van der Waals surface area contributed by atoms with Gasteiger partial charge in [-0.1, -0.05) is 18.2 Å². The maximum absolute atomic E-state index is 12.2. The van der Waals surface area contributed by atoms with Crippen LogP contribution in [-0.4, -0.2) is 20.4 Å². The largest absolute Gasteiger partial charge is 0.349 e. The van der Waals surface area contributed by atoms with Crippen LogP contribution in [0.4, 0.5) is 5.69 Å². The molecule has 2 aromatic heterocycles. The molecule has 25 heavy (non-hydrogen) atoms. The number of imidazole rings is 1. The second-order valence-corrected chi connectivity index (χ2v) is 6.08. The third kappa shape index (κ3) is 2.89. The Morgan fingerprint density at radius 3 is 2.80 bits per heavy atom. The molecule has 0 bridgehead atoms. The number of H-pyrrole nitrogens is 1. The van der Waals surface area contributed by atoms with Crippen LogP contribution >= 0.6 is 0 Å². The number of carbonyl (C=O) groups excluding carboxylic acids is 1. The molecular formula is C20H20N4O. The lowest BCUT2D eigenvalue weighted by atomic mass is 10.1. The average molecular weight is 332 g/mol. The minimum atomic E-state index is -0.00465. The molecule has 5 heteroatoms. The van der Waals surface area contributed by atoms with Gasteiger partial charge in [-0.3, -0.25) is 4.79 Å². The Balaban J connectivity index is 1.60. The van der Waals surface area contributed by atoms with Crippen LogP contribution in [0.25, 0.3) is 21.8 Å². The third-order valence-corrected chi connectivity index (χ3v) is 4.52. The van der Waals surface area contributed by atoms with E-state index in [4.69, 9.17) is 0 Å². The predicted octanol–water partition coefficient (Wildman–Crippen LogP) is 4.11. The second-order valence-electron chi connectivity index (χ2n) is 6.08. The molecule has 2 aromatic carbocycles. The molecule has 0 unspecified atom stereocenters. The molecule has 0 radical (unpaired) electrons. The fraction of sp³-hybridized carbons (Fsp3) is 0.200. The maximum Gasteiger partial charge on any atom is 0.224 e. The highest BCUT2D eigenvalue weighted by atomic mass is 16.1. The first-order chi connectivity index (χ1) is 12.3. The number of anilines is 1. The van der Waals surface area contributed by atoms with Crippen molar-refractivity contribution in [3.05, 3.63) is 60.7 Å². The standard InChI is InChI=1S/C20H20N4O/c1-2-24-17-6-4-3-5-15(17)16-13-14(7-8-18(16)24)23-20(25)10-9-19-21-11-12-22-19/h3-8,11-13H,2,9-10H2,1H3,(H,21,22)(H,23,25). The van der Waals surface area contributed by atoms with E-state index in [0.29, 0.717) is 12.8 Å². The number of rotatable bonds is 5. The number of nitrogens with one attached hydrogen (secondary N) is 2. The van der Waals surface area contributed by atoms with Gasteiger partial charge in [0, 0.05) is 59.3 Å². The smallest absolute Gasteiger partial charge is 0.224 e. The Morgan fingerprint density at radius 1 is 1.16 bits per heavy atom. The third-order valence-electron chi connectivity index (χ3n) is 4.52. The van der Waals surface area contributed by atoms with E-state index in [9.17, 15) is 4.79 Å². The minimum absolute atomic E-state index is 0.00465. The number of aryl methyl sites for hydroxylation is 2. The van der Waals surface area contributed by atoms with Crippen molar-refractivity contribution in [3.63, 3.8) is 0 Å². The van der Waals surface area contributed by atoms with Crippen LogP contribution in [0.15, 0.2) is 54.9 Å². The summed E-state index contributed by atoms with van der Waals surface area (Å²) in [4.78, 5) is 19.4. The number of carbonyl (C=O) groups is 1. The number of hydrogen-bond acceptors (Lipinski definition) is 2. The van der Waals surface area contributed by atoms with Crippen LogP contribution in [0.2, 0.25) is 0 Å². The fourth-order valence-corrected chi connectivity index (χ4v) is 3.36. The molecule has 0 saturated heterocycles. The van der Waals surface area contributed by atoms with Crippen LogP contribution < -0.4 is 5.32 Å². The van der Waals surface area contributed by atoms with E-state index in [-0.39, 0.29) is 5.91 Å². The lowest BCUT2D eigenvalue weighted by molar-refractivity contribution is -0.116. The Labute approximate surface area is 145 Å². The van der Waals surface area contributed by atoms with Crippen molar-refractivity contribution in [3.8, 4) is 0 Å². The van der Waals surface area contributed by atoms with Crippen molar-refractivity contribution in [2.75, 3.05) is 5.32 Å². The number of benzene rings is 2. The highest BCUT2D eigenvalue weighted by Crippen LogP contribution is 2.30. The molecule has 0 aliphatic heterocycles. The molecule has 2 heterocycles. The van der Waals surface area contributed by atoms with Crippen molar-refractivity contribution in [2.45, 2.75) is 26.3 Å². The molecule has 2 N–H and O–H groups in total. The van der Waals surface area contributed by atoms with Gasteiger partial charge in [0.15, 0.2) is 0 Å². The van der Waals surface area contributed by atoms with E-state index in [0.717, 1.165) is 18.1 Å². The lowest BCUT2D eigenvalue weighted by Gasteiger charge is -2.06. The van der Waals surface area contributed by atoms with Crippen LogP contribution in [0.3, 0.4) is 0 Å². The molecule has 0 saturated carbocycles. The van der Waals surface area contributed by atoms with Gasteiger partial charge in [0.1, 0.15) is 5.82 Å². The van der Waals surface area contributed by atoms with Gasteiger partial charge in [0.25, 0.3) is 0 Å². The van der Waals surface area contributed by atoms with Gasteiger partial charge in [-0.15, -0.1) is 0 Å². The van der Waals surface area contributed by atoms with E-state index in [1.807, 2.05) is 6.07 Å². The van der Waals surface area contributed by atoms with Gasteiger partial charge in [-0.2, -0.15) is 0 Å². The van der Waals surface area contributed by atoms with Gasteiger partial charge in [0.05, 0.1) is 0 Å². The molecule has 4 rings (SSSR count). The molecule has 126 valence electrons. The summed E-state index contributed by atoms with van der Waals surface area (Å²) in [5.74, 6) is 0.826. The molecule has 0 fully saturated rings. The zero-order chi connectivity index (χ0) is 17.2. The van der Waals surface area contributed by atoms with Gasteiger partial charge in [0.2, 0.25) is 5.91 Å². The SMILES string of the molecule is CCn1c2ccccc2c2cc(NC(=O)CCc3ncc[nH]3)ccc21. The Hall–Kier alpha value is -3.08. The van der Waals surface area contributed by atoms with Crippen molar-refractivity contribution >= 4 is 33.4 Å². The van der Waals surface area contributed by atoms with Crippen LogP contribution in [0, 0.1) is 0 Å². The van der Waals surface area contributed by atoms with E-state index >= 15 is 0 Å². The first-order valence-electron chi connectivity index (χ1n) is 8.55. The average Bonchev–Trinajstić information content (AvgIpc) is 3.25. The summed E-state index contributed by atoms with van der Waals surface area (Å²) in [7, 11) is 0. The lowest BCUT2D eigenvalue weighted by Crippen LogP contribution is -2.12. The van der Waals surface area contributed by atoms with Crippen molar-refractivity contribution in [1.29, 1.82) is 0 Å². The molecule has 4 aromatic rings. The molecule has 5 nitrogen and oxygen atoms in total. The highest BCUT2D eigenvalue weighted by molar-refractivity contribution is 6.09. The number of amides is 1. The summed E-state index contributed by atoms with van der Waals surface area (Å²) < 4.78 is 2.30. The van der Waals surface area contributed by atoms with E-state index in [1.54, 1.807) is 12.4 Å². The maximum atomic E-state index is 12.2. The predicted molar refractivity (Wildman–Crippen MR) is 101 cm³/mol. The van der Waals surface area contributed by atoms with E-state index < -0.39 is 0 Å². The monoisotopic (exact) mass is 332 g/mol. The molecule has 1 amide bonds. The number of fused-ring (bicyclic) bond motifs is 3. The second kappa shape index (κ2) is 6.43. The summed E-state index contributed by atoms with van der Waals surface area (Å²) in [5, 5.41) is 5.38. The van der Waals surface area contributed by atoms with E-state index in [2.05, 4.69) is 63.2 Å². The molecule has 0 aliphatic carbocycles. The summed E-state index contributed by atoms with van der Waals surface area (Å²) in [6, 6.07) is 14.5.